The molecule has 1 aliphatic rings. The standard InChI is InChI=1S/C12H21N5O/c1-2-3-10-11(15-7-16-12(10)17-13)14-6-8-4-9(18)5-8/h7-9,18H,2-6,13H2,1H3,(H2,14,15,16,17). The fourth-order valence-corrected chi connectivity index (χ4v) is 2.28. The van der Waals surface area contributed by atoms with Crippen molar-refractivity contribution >= 4 is 11.6 Å². The number of aliphatic hydroxyl groups excluding tert-OH is 1. The molecule has 1 heterocycles. The van der Waals surface area contributed by atoms with Gasteiger partial charge in [0.1, 0.15) is 18.0 Å². The summed E-state index contributed by atoms with van der Waals surface area (Å²) in [6.07, 6.45) is 5.05. The molecule has 2 rings (SSSR count). The van der Waals surface area contributed by atoms with Crippen molar-refractivity contribution < 1.29 is 5.11 Å². The van der Waals surface area contributed by atoms with E-state index in [0.717, 1.165) is 43.6 Å². The largest absolute Gasteiger partial charge is 0.393 e. The molecule has 0 atom stereocenters. The first-order chi connectivity index (χ1) is 8.74. The summed E-state index contributed by atoms with van der Waals surface area (Å²) in [5.41, 5.74) is 3.64. The van der Waals surface area contributed by atoms with E-state index in [4.69, 9.17) is 5.84 Å². The van der Waals surface area contributed by atoms with Crippen LogP contribution >= 0.6 is 0 Å². The number of anilines is 2. The molecule has 0 bridgehead atoms. The van der Waals surface area contributed by atoms with E-state index < -0.39 is 0 Å². The average molecular weight is 251 g/mol. The van der Waals surface area contributed by atoms with Crippen LogP contribution in [0.25, 0.3) is 0 Å². The Balaban J connectivity index is 2.01. The van der Waals surface area contributed by atoms with E-state index in [1.54, 1.807) is 0 Å². The molecule has 18 heavy (non-hydrogen) atoms. The molecule has 0 aliphatic heterocycles. The number of nitrogen functional groups attached to an aromatic ring is 1. The highest BCUT2D eigenvalue weighted by Gasteiger charge is 2.27. The van der Waals surface area contributed by atoms with Crippen LogP contribution in [-0.2, 0) is 6.42 Å². The van der Waals surface area contributed by atoms with Crippen LogP contribution in [0.4, 0.5) is 11.6 Å². The van der Waals surface area contributed by atoms with Gasteiger partial charge < -0.3 is 15.8 Å². The minimum atomic E-state index is -0.112. The van der Waals surface area contributed by atoms with Gasteiger partial charge in [0.05, 0.1) is 6.10 Å². The van der Waals surface area contributed by atoms with E-state index in [2.05, 4.69) is 27.6 Å². The molecule has 6 nitrogen and oxygen atoms in total. The lowest BCUT2D eigenvalue weighted by molar-refractivity contribution is 0.0486. The van der Waals surface area contributed by atoms with E-state index in [-0.39, 0.29) is 6.10 Å². The summed E-state index contributed by atoms with van der Waals surface area (Å²) in [6.45, 7) is 2.95. The summed E-state index contributed by atoms with van der Waals surface area (Å²) in [7, 11) is 0. The highest BCUT2D eigenvalue weighted by atomic mass is 16.3. The summed E-state index contributed by atoms with van der Waals surface area (Å²) in [4.78, 5) is 8.40. The molecule has 1 saturated carbocycles. The fraction of sp³-hybridized carbons (Fsp3) is 0.667. The summed E-state index contributed by atoms with van der Waals surface area (Å²) in [5.74, 6) is 7.53. The average Bonchev–Trinajstić information content (AvgIpc) is 2.34. The molecule has 6 heteroatoms. The summed E-state index contributed by atoms with van der Waals surface area (Å²) in [5, 5.41) is 12.6. The van der Waals surface area contributed by atoms with Gasteiger partial charge in [0, 0.05) is 12.1 Å². The van der Waals surface area contributed by atoms with Gasteiger partial charge in [0.25, 0.3) is 0 Å². The maximum absolute atomic E-state index is 9.26. The molecule has 0 radical (unpaired) electrons. The minimum Gasteiger partial charge on any atom is -0.393 e. The zero-order valence-corrected chi connectivity index (χ0v) is 10.7. The molecule has 0 spiro atoms. The van der Waals surface area contributed by atoms with Crippen LogP contribution in [0.15, 0.2) is 6.33 Å². The Bertz CT molecular complexity index is 392. The fourth-order valence-electron chi connectivity index (χ4n) is 2.28. The molecular formula is C12H21N5O. The highest BCUT2D eigenvalue weighted by Crippen LogP contribution is 2.28. The number of aromatic nitrogens is 2. The Morgan fingerprint density at radius 2 is 2.11 bits per heavy atom. The SMILES string of the molecule is CCCc1c(NN)ncnc1NCC1CC(O)C1. The van der Waals surface area contributed by atoms with Gasteiger partial charge in [-0.05, 0) is 25.2 Å². The second-order valence-electron chi connectivity index (χ2n) is 4.82. The predicted molar refractivity (Wildman–Crippen MR) is 71.1 cm³/mol. The van der Waals surface area contributed by atoms with Gasteiger partial charge in [-0.15, -0.1) is 0 Å². The monoisotopic (exact) mass is 251 g/mol. The molecule has 0 saturated heterocycles. The molecule has 1 aromatic rings. The van der Waals surface area contributed by atoms with Crippen molar-refractivity contribution in [2.24, 2.45) is 11.8 Å². The molecule has 0 aromatic carbocycles. The molecule has 1 fully saturated rings. The quantitative estimate of drug-likeness (QED) is 0.443. The van der Waals surface area contributed by atoms with E-state index in [1.807, 2.05) is 0 Å². The number of hydrazine groups is 1. The number of nitrogens with two attached hydrogens (primary N) is 1. The molecule has 100 valence electrons. The van der Waals surface area contributed by atoms with Gasteiger partial charge in [0.2, 0.25) is 0 Å². The van der Waals surface area contributed by atoms with Gasteiger partial charge >= 0.3 is 0 Å². The summed E-state index contributed by atoms with van der Waals surface area (Å²) >= 11 is 0. The topological polar surface area (TPSA) is 96.1 Å². The normalized spacial score (nSPS) is 22.4. The van der Waals surface area contributed by atoms with Crippen molar-refractivity contribution in [1.29, 1.82) is 0 Å². The highest BCUT2D eigenvalue weighted by molar-refractivity contribution is 5.56. The maximum Gasteiger partial charge on any atom is 0.148 e. The molecule has 5 N–H and O–H groups in total. The minimum absolute atomic E-state index is 0.112. The van der Waals surface area contributed by atoms with Crippen LogP contribution in [0.5, 0.6) is 0 Å². The van der Waals surface area contributed by atoms with Crippen LogP contribution in [-0.4, -0.2) is 27.7 Å². The number of hydrogen-bond acceptors (Lipinski definition) is 6. The Labute approximate surface area is 107 Å². The van der Waals surface area contributed by atoms with Crippen molar-refractivity contribution in [2.45, 2.75) is 38.7 Å². The third kappa shape index (κ3) is 2.88. The van der Waals surface area contributed by atoms with E-state index in [1.165, 1.54) is 6.33 Å². The Morgan fingerprint density at radius 3 is 2.72 bits per heavy atom. The molecular weight excluding hydrogens is 230 g/mol. The first kappa shape index (κ1) is 13.0. The third-order valence-electron chi connectivity index (χ3n) is 3.35. The number of nitrogens with one attached hydrogen (secondary N) is 2. The number of rotatable bonds is 6. The van der Waals surface area contributed by atoms with Crippen molar-refractivity contribution in [2.75, 3.05) is 17.3 Å². The summed E-state index contributed by atoms with van der Waals surface area (Å²) < 4.78 is 0. The number of hydrogen-bond donors (Lipinski definition) is 4. The first-order valence-electron chi connectivity index (χ1n) is 6.47. The van der Waals surface area contributed by atoms with Crippen LogP contribution < -0.4 is 16.6 Å². The van der Waals surface area contributed by atoms with E-state index >= 15 is 0 Å². The second kappa shape index (κ2) is 5.97. The van der Waals surface area contributed by atoms with Gasteiger partial charge in [0.15, 0.2) is 0 Å². The number of nitrogens with zero attached hydrogens (tertiary/aromatic N) is 2. The van der Waals surface area contributed by atoms with Crippen molar-refractivity contribution in [3.63, 3.8) is 0 Å². The van der Waals surface area contributed by atoms with Crippen molar-refractivity contribution in [3.05, 3.63) is 11.9 Å². The Hall–Kier alpha value is -1.40. The van der Waals surface area contributed by atoms with E-state index in [0.29, 0.717) is 11.7 Å². The van der Waals surface area contributed by atoms with Gasteiger partial charge in [-0.1, -0.05) is 13.3 Å². The molecule has 0 amide bonds. The lowest BCUT2D eigenvalue weighted by atomic mass is 9.82. The second-order valence-corrected chi connectivity index (χ2v) is 4.82. The van der Waals surface area contributed by atoms with Crippen molar-refractivity contribution in [1.82, 2.24) is 9.97 Å². The lowest BCUT2D eigenvalue weighted by Crippen LogP contribution is -2.33. The van der Waals surface area contributed by atoms with Gasteiger partial charge in [-0.3, -0.25) is 0 Å². The molecule has 1 aromatic heterocycles. The van der Waals surface area contributed by atoms with Crippen LogP contribution in [0.3, 0.4) is 0 Å². The zero-order valence-electron chi connectivity index (χ0n) is 10.7. The van der Waals surface area contributed by atoms with Crippen LogP contribution in [0.1, 0.15) is 31.7 Å². The first-order valence-corrected chi connectivity index (χ1v) is 6.47. The number of aliphatic hydroxyl groups is 1. The van der Waals surface area contributed by atoms with Crippen molar-refractivity contribution in [3.8, 4) is 0 Å². The zero-order chi connectivity index (χ0) is 13.0. The maximum atomic E-state index is 9.26. The molecule has 0 unspecified atom stereocenters. The molecule has 1 aliphatic carbocycles. The third-order valence-corrected chi connectivity index (χ3v) is 3.35. The van der Waals surface area contributed by atoms with Gasteiger partial charge in [-0.2, -0.15) is 0 Å². The van der Waals surface area contributed by atoms with E-state index in [9.17, 15) is 5.11 Å². The Morgan fingerprint density at radius 1 is 1.39 bits per heavy atom. The smallest absolute Gasteiger partial charge is 0.148 e. The van der Waals surface area contributed by atoms with Crippen LogP contribution in [0.2, 0.25) is 0 Å². The van der Waals surface area contributed by atoms with Gasteiger partial charge in [-0.25, -0.2) is 15.8 Å². The summed E-state index contributed by atoms with van der Waals surface area (Å²) in [6, 6.07) is 0. The predicted octanol–water partition coefficient (Wildman–Crippen LogP) is 0.897. The van der Waals surface area contributed by atoms with Crippen LogP contribution in [0, 0.1) is 5.92 Å². The lowest BCUT2D eigenvalue weighted by Gasteiger charge is -2.31. The Kier molecular flexibility index (Phi) is 4.33.